The van der Waals surface area contributed by atoms with E-state index in [0.717, 1.165) is 17.1 Å². The van der Waals surface area contributed by atoms with Crippen molar-refractivity contribution in [2.75, 3.05) is 11.9 Å². The molecule has 1 aromatic heterocycles. The van der Waals surface area contributed by atoms with Crippen LogP contribution in [0.25, 0.3) is 0 Å². The minimum Gasteiger partial charge on any atom is -0.409 e. The maximum absolute atomic E-state index is 8.64. The van der Waals surface area contributed by atoms with Crippen LogP contribution in [0.2, 0.25) is 0 Å². The third kappa shape index (κ3) is 2.85. The summed E-state index contributed by atoms with van der Waals surface area (Å²) in [5, 5.41) is 11.6. The second kappa shape index (κ2) is 5.56. The summed E-state index contributed by atoms with van der Waals surface area (Å²) in [6.45, 7) is 3.88. The Bertz CT molecular complexity index is 616. The Morgan fingerprint density at radius 3 is 2.20 bits per heavy atom. The summed E-state index contributed by atoms with van der Waals surface area (Å²) in [7, 11) is 1.90. The van der Waals surface area contributed by atoms with E-state index < -0.39 is 0 Å². The van der Waals surface area contributed by atoms with Crippen molar-refractivity contribution in [2.24, 2.45) is 10.9 Å². The normalized spacial score (nSPS) is 11.4. The van der Waals surface area contributed by atoms with Gasteiger partial charge in [-0.05, 0) is 44.2 Å². The van der Waals surface area contributed by atoms with Gasteiger partial charge in [0.05, 0.1) is 0 Å². The van der Waals surface area contributed by atoms with Gasteiger partial charge in [-0.15, -0.1) is 0 Å². The zero-order valence-corrected chi connectivity index (χ0v) is 11.7. The minimum atomic E-state index is 0.0850. The highest BCUT2D eigenvalue weighted by atomic mass is 16.4. The van der Waals surface area contributed by atoms with Gasteiger partial charge in [0.1, 0.15) is 0 Å². The van der Waals surface area contributed by atoms with Gasteiger partial charge < -0.3 is 15.8 Å². The van der Waals surface area contributed by atoms with E-state index in [0.29, 0.717) is 11.5 Å². The molecule has 0 amide bonds. The van der Waals surface area contributed by atoms with Crippen LogP contribution < -0.4 is 10.6 Å². The molecular weight excluding hydrogens is 254 g/mol. The molecule has 0 unspecified atom stereocenters. The number of nitrogens with zero attached hydrogens (tertiary/aromatic N) is 4. The van der Waals surface area contributed by atoms with E-state index in [1.54, 1.807) is 12.1 Å². The second-order valence-corrected chi connectivity index (χ2v) is 4.54. The maximum Gasteiger partial charge on any atom is 0.230 e. The van der Waals surface area contributed by atoms with Crippen LogP contribution in [0.4, 0.5) is 11.6 Å². The highest BCUT2D eigenvalue weighted by Gasteiger charge is 2.09. The van der Waals surface area contributed by atoms with Crippen molar-refractivity contribution in [3.63, 3.8) is 0 Å². The summed E-state index contributed by atoms with van der Waals surface area (Å²) < 4.78 is 0. The second-order valence-electron chi connectivity index (χ2n) is 4.54. The van der Waals surface area contributed by atoms with Crippen molar-refractivity contribution in [2.45, 2.75) is 13.8 Å². The zero-order chi connectivity index (χ0) is 14.7. The molecule has 1 aromatic carbocycles. The highest BCUT2D eigenvalue weighted by molar-refractivity contribution is 5.97. The van der Waals surface area contributed by atoms with E-state index in [9.17, 15) is 0 Å². The number of aromatic nitrogens is 2. The fourth-order valence-electron chi connectivity index (χ4n) is 1.89. The third-order valence-corrected chi connectivity index (χ3v) is 2.93. The van der Waals surface area contributed by atoms with Crippen LogP contribution in [-0.2, 0) is 0 Å². The number of nitrogens with two attached hydrogens (primary N) is 1. The zero-order valence-electron chi connectivity index (χ0n) is 11.7. The number of amidine groups is 1. The first kappa shape index (κ1) is 13.8. The van der Waals surface area contributed by atoms with E-state index in [-0.39, 0.29) is 5.84 Å². The van der Waals surface area contributed by atoms with Crippen LogP contribution in [-0.4, -0.2) is 28.1 Å². The summed E-state index contributed by atoms with van der Waals surface area (Å²) >= 11 is 0. The van der Waals surface area contributed by atoms with Crippen molar-refractivity contribution in [3.8, 4) is 0 Å². The third-order valence-electron chi connectivity index (χ3n) is 2.93. The largest absolute Gasteiger partial charge is 0.409 e. The van der Waals surface area contributed by atoms with Gasteiger partial charge in [-0.25, -0.2) is 9.97 Å². The number of oxime groups is 1. The van der Waals surface area contributed by atoms with Gasteiger partial charge in [-0.1, -0.05) is 5.16 Å². The predicted molar refractivity (Wildman–Crippen MR) is 78.5 cm³/mol. The Kier molecular flexibility index (Phi) is 3.84. The molecule has 104 valence electrons. The smallest absolute Gasteiger partial charge is 0.230 e. The van der Waals surface area contributed by atoms with E-state index in [2.05, 4.69) is 15.1 Å². The Labute approximate surface area is 117 Å². The van der Waals surface area contributed by atoms with Crippen LogP contribution in [0.5, 0.6) is 0 Å². The lowest BCUT2D eigenvalue weighted by atomic mass is 10.2. The summed E-state index contributed by atoms with van der Waals surface area (Å²) in [5.41, 5.74) is 8.96. The van der Waals surface area contributed by atoms with Gasteiger partial charge in [0.25, 0.3) is 0 Å². The summed E-state index contributed by atoms with van der Waals surface area (Å²) in [6, 6.07) is 9.23. The molecule has 0 saturated heterocycles. The molecule has 20 heavy (non-hydrogen) atoms. The fourth-order valence-corrected chi connectivity index (χ4v) is 1.89. The van der Waals surface area contributed by atoms with Gasteiger partial charge in [0, 0.05) is 29.7 Å². The van der Waals surface area contributed by atoms with Crippen LogP contribution >= 0.6 is 0 Å². The average Bonchev–Trinajstić information content (AvgIpc) is 2.45. The Morgan fingerprint density at radius 1 is 1.15 bits per heavy atom. The maximum atomic E-state index is 8.64. The van der Waals surface area contributed by atoms with Crippen molar-refractivity contribution in [1.29, 1.82) is 0 Å². The Morgan fingerprint density at radius 2 is 1.70 bits per heavy atom. The molecule has 6 heteroatoms. The Balaban J connectivity index is 2.31. The Hall–Kier alpha value is -2.63. The van der Waals surface area contributed by atoms with Gasteiger partial charge in [0.2, 0.25) is 5.95 Å². The minimum absolute atomic E-state index is 0.0850. The van der Waals surface area contributed by atoms with E-state index in [4.69, 9.17) is 10.9 Å². The van der Waals surface area contributed by atoms with Gasteiger partial charge >= 0.3 is 0 Å². The van der Waals surface area contributed by atoms with Crippen LogP contribution in [0.15, 0.2) is 35.5 Å². The summed E-state index contributed by atoms with van der Waals surface area (Å²) in [6.07, 6.45) is 0. The first-order valence-corrected chi connectivity index (χ1v) is 6.15. The summed E-state index contributed by atoms with van der Waals surface area (Å²) in [4.78, 5) is 10.7. The molecule has 0 bridgehead atoms. The van der Waals surface area contributed by atoms with Gasteiger partial charge in [0.15, 0.2) is 5.84 Å². The first-order valence-electron chi connectivity index (χ1n) is 6.15. The molecule has 0 radical (unpaired) electrons. The molecule has 0 aliphatic heterocycles. The molecule has 2 rings (SSSR count). The molecule has 1 heterocycles. The van der Waals surface area contributed by atoms with Crippen molar-refractivity contribution >= 4 is 17.5 Å². The van der Waals surface area contributed by atoms with Crippen LogP contribution in [0, 0.1) is 13.8 Å². The number of hydrogen-bond acceptors (Lipinski definition) is 5. The quantitative estimate of drug-likeness (QED) is 0.385. The fraction of sp³-hybridized carbons (Fsp3) is 0.214. The molecule has 0 atom stereocenters. The lowest BCUT2D eigenvalue weighted by Crippen LogP contribution is -2.16. The SMILES string of the molecule is Cc1cc(C)nc(N(C)c2ccc(C(N)=NO)cc2)n1. The predicted octanol–water partition coefficient (Wildman–Crippen LogP) is 1.96. The standard InChI is InChI=1S/C14H17N5O/c1-9-8-10(2)17-14(16-9)19(3)12-6-4-11(5-7-12)13(15)18-20/h4-8,20H,1-3H3,(H2,15,18). The van der Waals surface area contributed by atoms with Crippen molar-refractivity contribution in [3.05, 3.63) is 47.3 Å². The lowest BCUT2D eigenvalue weighted by Gasteiger charge is -2.18. The van der Waals surface area contributed by atoms with Crippen molar-refractivity contribution < 1.29 is 5.21 Å². The number of benzene rings is 1. The molecule has 0 aliphatic carbocycles. The van der Waals surface area contributed by atoms with E-state index >= 15 is 0 Å². The molecule has 0 spiro atoms. The molecule has 3 N–H and O–H groups in total. The molecule has 2 aromatic rings. The van der Waals surface area contributed by atoms with Crippen molar-refractivity contribution in [1.82, 2.24) is 9.97 Å². The van der Waals surface area contributed by atoms with Gasteiger partial charge in [-0.2, -0.15) is 0 Å². The molecule has 0 aliphatic rings. The number of rotatable bonds is 3. The number of hydrogen-bond donors (Lipinski definition) is 2. The highest BCUT2D eigenvalue weighted by Crippen LogP contribution is 2.21. The average molecular weight is 271 g/mol. The first-order chi connectivity index (χ1) is 9.51. The number of aryl methyl sites for hydroxylation is 2. The lowest BCUT2D eigenvalue weighted by molar-refractivity contribution is 0.318. The van der Waals surface area contributed by atoms with Crippen LogP contribution in [0.3, 0.4) is 0 Å². The summed E-state index contributed by atoms with van der Waals surface area (Å²) in [5.74, 6) is 0.723. The topological polar surface area (TPSA) is 87.6 Å². The van der Waals surface area contributed by atoms with E-state index in [1.165, 1.54) is 0 Å². The van der Waals surface area contributed by atoms with E-state index in [1.807, 2.05) is 44.0 Å². The number of anilines is 2. The molecule has 0 saturated carbocycles. The van der Waals surface area contributed by atoms with Crippen LogP contribution in [0.1, 0.15) is 17.0 Å². The van der Waals surface area contributed by atoms with Gasteiger partial charge in [-0.3, -0.25) is 0 Å². The molecule has 6 nitrogen and oxygen atoms in total. The molecular formula is C14H17N5O. The molecule has 0 fully saturated rings. The monoisotopic (exact) mass is 271 g/mol.